The third kappa shape index (κ3) is 3.23. The fraction of sp³-hybridized carbons (Fsp3) is 0.235. The number of nitrogens with zero attached hydrogens (tertiary/aromatic N) is 1. The molecular weight excluding hydrogens is 387 g/mol. The van der Waals surface area contributed by atoms with Gasteiger partial charge in [0.05, 0.1) is 16.7 Å². The van der Waals surface area contributed by atoms with Crippen molar-refractivity contribution in [1.29, 1.82) is 5.26 Å². The molecule has 0 aliphatic carbocycles. The van der Waals surface area contributed by atoms with Gasteiger partial charge >= 0.3 is 18.0 Å². The minimum Gasteiger partial charge on any atom is -0.218 e. The largest absolute Gasteiger partial charge is 0.435 e. The summed E-state index contributed by atoms with van der Waals surface area (Å²) >= 11 is 5.83. The van der Waals surface area contributed by atoms with Crippen LogP contribution in [-0.2, 0) is 5.67 Å². The number of alkyl halides is 7. The molecule has 9 heteroatoms. The van der Waals surface area contributed by atoms with Crippen LogP contribution in [0.2, 0.25) is 5.02 Å². The van der Waals surface area contributed by atoms with Crippen LogP contribution in [0.1, 0.15) is 16.7 Å². The van der Waals surface area contributed by atoms with E-state index in [1.54, 1.807) is 6.07 Å². The zero-order valence-corrected chi connectivity index (χ0v) is 13.6. The molecule has 0 aliphatic heterocycles. The second kappa shape index (κ2) is 6.47. The zero-order chi connectivity index (χ0) is 19.9. The van der Waals surface area contributed by atoms with E-state index in [-0.39, 0.29) is 16.7 Å². The Morgan fingerprint density at radius 2 is 1.46 bits per heavy atom. The molecule has 0 bridgehead atoms. The smallest absolute Gasteiger partial charge is 0.218 e. The third-order valence-corrected chi connectivity index (χ3v) is 3.90. The van der Waals surface area contributed by atoms with E-state index in [1.165, 1.54) is 0 Å². The predicted octanol–water partition coefficient (Wildman–Crippen LogP) is 6.28. The van der Waals surface area contributed by atoms with E-state index < -0.39 is 34.2 Å². The first-order chi connectivity index (χ1) is 11.8. The zero-order valence-electron chi connectivity index (χ0n) is 12.9. The van der Waals surface area contributed by atoms with Gasteiger partial charge in [-0.25, -0.2) is 4.39 Å². The number of aryl methyl sites for hydroxylation is 1. The normalized spacial score (nSPS) is 12.8. The summed E-state index contributed by atoms with van der Waals surface area (Å²) in [5.74, 6) is 0. The van der Waals surface area contributed by atoms with Gasteiger partial charge in [0.1, 0.15) is 0 Å². The molecule has 0 amide bonds. The molecule has 1 radical (unpaired) electrons. The molecule has 0 aliphatic rings. The molecule has 26 heavy (non-hydrogen) atoms. The lowest BCUT2D eigenvalue weighted by molar-refractivity contribution is -0.348. The monoisotopic (exact) mass is 394 g/mol. The molecule has 0 N–H and O–H groups in total. The summed E-state index contributed by atoms with van der Waals surface area (Å²) in [5, 5.41) is 8.15. The molecule has 0 atom stereocenters. The summed E-state index contributed by atoms with van der Waals surface area (Å²) in [7, 11) is 0. The van der Waals surface area contributed by atoms with Crippen LogP contribution in [0.5, 0.6) is 0 Å². The highest BCUT2D eigenvalue weighted by atomic mass is 35.5. The highest BCUT2D eigenvalue weighted by molar-refractivity contribution is 6.33. The van der Waals surface area contributed by atoms with Crippen molar-refractivity contribution in [3.63, 3.8) is 0 Å². The topological polar surface area (TPSA) is 23.8 Å². The fourth-order valence-corrected chi connectivity index (χ4v) is 2.77. The molecule has 2 aromatic carbocycles. The van der Waals surface area contributed by atoms with Gasteiger partial charge < -0.3 is 0 Å². The van der Waals surface area contributed by atoms with E-state index in [0.717, 1.165) is 31.2 Å². The minimum absolute atomic E-state index is 0.112. The van der Waals surface area contributed by atoms with E-state index in [1.807, 2.05) is 0 Å². The Morgan fingerprint density at radius 3 is 1.88 bits per heavy atom. The minimum atomic E-state index is -6.27. The van der Waals surface area contributed by atoms with Crippen LogP contribution in [0.15, 0.2) is 30.3 Å². The van der Waals surface area contributed by atoms with Crippen molar-refractivity contribution in [2.75, 3.05) is 0 Å². The second-order valence-electron chi connectivity index (χ2n) is 5.40. The number of rotatable bonds is 2. The van der Waals surface area contributed by atoms with Crippen LogP contribution < -0.4 is 0 Å². The van der Waals surface area contributed by atoms with Crippen LogP contribution in [0.3, 0.4) is 0 Å². The molecule has 137 valence electrons. The second-order valence-corrected chi connectivity index (χ2v) is 5.78. The first-order valence-electron chi connectivity index (χ1n) is 6.88. The van der Waals surface area contributed by atoms with Gasteiger partial charge in [-0.05, 0) is 30.2 Å². The average molecular weight is 395 g/mol. The Morgan fingerprint density at radius 1 is 0.962 bits per heavy atom. The average Bonchev–Trinajstić information content (AvgIpc) is 2.51. The Labute approximate surface area is 148 Å². The molecule has 2 rings (SSSR count). The van der Waals surface area contributed by atoms with Gasteiger partial charge in [0.15, 0.2) is 0 Å². The predicted molar refractivity (Wildman–Crippen MR) is 80.1 cm³/mol. The maximum absolute atomic E-state index is 14.6. The Bertz CT molecular complexity index is 847. The van der Waals surface area contributed by atoms with Crippen molar-refractivity contribution in [1.82, 2.24) is 0 Å². The Hall–Kier alpha value is -2.27. The molecule has 0 saturated heterocycles. The molecule has 2 aromatic rings. The van der Waals surface area contributed by atoms with E-state index in [2.05, 4.69) is 6.07 Å². The molecule has 0 unspecified atom stereocenters. The van der Waals surface area contributed by atoms with Crippen LogP contribution in [-0.4, -0.2) is 12.4 Å². The van der Waals surface area contributed by atoms with Crippen LogP contribution >= 0.6 is 11.6 Å². The van der Waals surface area contributed by atoms with Gasteiger partial charge in [-0.1, -0.05) is 29.8 Å². The lowest BCUT2D eigenvalue weighted by Gasteiger charge is -2.32. The van der Waals surface area contributed by atoms with E-state index in [4.69, 9.17) is 16.9 Å². The number of nitriles is 1. The third-order valence-electron chi connectivity index (χ3n) is 3.61. The maximum atomic E-state index is 14.6. The highest BCUT2D eigenvalue weighted by Crippen LogP contribution is 2.56. The van der Waals surface area contributed by atoms with Crippen molar-refractivity contribution < 1.29 is 30.7 Å². The molecule has 1 nitrogen and oxygen atoms in total. The highest BCUT2D eigenvalue weighted by Gasteiger charge is 2.74. The quantitative estimate of drug-likeness (QED) is 0.550. The van der Waals surface area contributed by atoms with Gasteiger partial charge in [0.25, 0.3) is 0 Å². The summed E-state index contributed by atoms with van der Waals surface area (Å²) in [6.07, 6.45) is -12.5. The molecule has 0 fully saturated rings. The van der Waals surface area contributed by atoms with Gasteiger partial charge in [-0.2, -0.15) is 31.6 Å². The summed E-state index contributed by atoms with van der Waals surface area (Å²) in [6, 6.07) is 9.04. The molecule has 0 spiro atoms. The van der Waals surface area contributed by atoms with Crippen molar-refractivity contribution >= 4 is 11.6 Å². The summed E-state index contributed by atoms with van der Waals surface area (Å²) < 4.78 is 93.6. The number of halogens is 8. The summed E-state index contributed by atoms with van der Waals surface area (Å²) in [6.45, 7) is 1.14. The molecule has 0 saturated carbocycles. The van der Waals surface area contributed by atoms with Crippen molar-refractivity contribution in [2.24, 2.45) is 0 Å². The van der Waals surface area contributed by atoms with Crippen molar-refractivity contribution in [3.05, 3.63) is 58.1 Å². The molecular formula is C17H8ClF7N. The van der Waals surface area contributed by atoms with E-state index in [9.17, 15) is 30.7 Å². The lowest BCUT2D eigenvalue weighted by atomic mass is 9.85. The maximum Gasteiger partial charge on any atom is 0.435 e. The lowest BCUT2D eigenvalue weighted by Crippen LogP contribution is -2.50. The Kier molecular flexibility index (Phi) is 4.99. The van der Waals surface area contributed by atoms with Gasteiger partial charge in [0, 0.05) is 17.2 Å². The van der Waals surface area contributed by atoms with Crippen molar-refractivity contribution in [2.45, 2.75) is 24.9 Å². The SMILES string of the molecule is Cc1[c]c(Cl)c(-c2ccc(C#N)cc2)c(C(F)(C(F)(F)F)C(F)(F)F)c1. The summed E-state index contributed by atoms with van der Waals surface area (Å²) in [4.78, 5) is 0. The van der Waals surface area contributed by atoms with Crippen LogP contribution in [0, 0.1) is 24.3 Å². The number of benzene rings is 2. The number of hydrogen-bond donors (Lipinski definition) is 0. The summed E-state index contributed by atoms with van der Waals surface area (Å²) in [5.41, 5.74) is -8.40. The van der Waals surface area contributed by atoms with Crippen LogP contribution in [0.25, 0.3) is 11.1 Å². The van der Waals surface area contributed by atoms with Crippen molar-refractivity contribution in [3.8, 4) is 17.2 Å². The standard InChI is InChI=1S/C17H8ClF7N/c1-9-6-12(15(19,16(20,21)22)17(23,24)25)14(13(18)7-9)11-4-2-10(8-26)3-5-11/h2-6H,1H3. The Balaban J connectivity index is 2.90. The van der Waals surface area contributed by atoms with Gasteiger partial charge in [-0.3, -0.25) is 0 Å². The van der Waals surface area contributed by atoms with Crippen LogP contribution in [0.4, 0.5) is 30.7 Å². The van der Waals surface area contributed by atoms with Gasteiger partial charge in [-0.15, -0.1) is 0 Å². The fourth-order valence-electron chi connectivity index (χ4n) is 2.41. The first kappa shape index (κ1) is 20.0. The molecule has 0 aromatic heterocycles. The number of hydrogen-bond acceptors (Lipinski definition) is 1. The van der Waals surface area contributed by atoms with E-state index >= 15 is 0 Å². The van der Waals surface area contributed by atoms with E-state index in [0.29, 0.717) is 6.07 Å². The van der Waals surface area contributed by atoms with Gasteiger partial charge in [0.2, 0.25) is 0 Å². The molecule has 0 heterocycles. The first-order valence-corrected chi connectivity index (χ1v) is 7.26.